The molecule has 16 heavy (non-hydrogen) atoms. The van der Waals surface area contributed by atoms with Crippen LogP contribution >= 0.6 is 34.2 Å². The molecule has 0 aliphatic rings. The van der Waals surface area contributed by atoms with E-state index in [1.165, 1.54) is 0 Å². The number of aromatic amines is 1. The molecule has 1 heterocycles. The summed E-state index contributed by atoms with van der Waals surface area (Å²) in [7, 11) is 0. The van der Waals surface area contributed by atoms with Crippen molar-refractivity contribution in [1.29, 1.82) is 0 Å². The molecule has 0 radical (unpaired) electrons. The number of halogens is 2. The second-order valence-corrected chi connectivity index (χ2v) is 4.91. The zero-order valence-corrected chi connectivity index (χ0v) is 11.4. The summed E-state index contributed by atoms with van der Waals surface area (Å²) in [6.07, 6.45) is 0. The number of esters is 1. The minimum Gasteiger partial charge on any atom is -0.461 e. The quantitative estimate of drug-likeness (QED) is 0.665. The van der Waals surface area contributed by atoms with Crippen LogP contribution in [0.25, 0.3) is 10.9 Å². The van der Waals surface area contributed by atoms with E-state index in [1.54, 1.807) is 13.0 Å². The number of fused-ring (bicyclic) bond motifs is 1. The van der Waals surface area contributed by atoms with E-state index in [0.29, 0.717) is 17.3 Å². The number of nitrogens with one attached hydrogen (secondary N) is 1. The molecule has 0 spiro atoms. The Morgan fingerprint density at radius 2 is 2.25 bits per heavy atom. The largest absolute Gasteiger partial charge is 0.461 e. The van der Waals surface area contributed by atoms with Gasteiger partial charge in [0.15, 0.2) is 0 Å². The number of hydrogen-bond donors (Lipinski definition) is 1. The zero-order valence-electron chi connectivity index (χ0n) is 8.51. The van der Waals surface area contributed by atoms with Crippen molar-refractivity contribution < 1.29 is 9.53 Å². The van der Waals surface area contributed by atoms with Gasteiger partial charge in [-0.25, -0.2) is 4.79 Å². The number of carbonyl (C=O) groups excluding carboxylic acids is 1. The average molecular weight is 350 g/mol. The van der Waals surface area contributed by atoms with E-state index >= 15 is 0 Å². The van der Waals surface area contributed by atoms with Gasteiger partial charge in [0, 0.05) is 14.5 Å². The smallest absolute Gasteiger partial charge is 0.354 e. The van der Waals surface area contributed by atoms with Crippen LogP contribution in [0.1, 0.15) is 17.4 Å². The lowest BCUT2D eigenvalue weighted by atomic mass is 10.2. The molecule has 0 aliphatic heterocycles. The molecule has 1 aromatic heterocycles. The minimum absolute atomic E-state index is 0.357. The standard InChI is InChI=1S/C11H9ClINO2/c1-2-16-11(15)10-5-7-8(12)3-6(13)4-9(7)14-10/h3-5,14H,2H2,1H3. The van der Waals surface area contributed by atoms with Gasteiger partial charge in [0.25, 0.3) is 0 Å². The lowest BCUT2D eigenvalue weighted by Gasteiger charge is -1.96. The lowest BCUT2D eigenvalue weighted by molar-refractivity contribution is 0.0520. The molecule has 84 valence electrons. The number of ether oxygens (including phenoxy) is 1. The van der Waals surface area contributed by atoms with Crippen LogP contribution in [0.15, 0.2) is 18.2 Å². The second kappa shape index (κ2) is 4.63. The Bertz CT molecular complexity index is 550. The molecule has 0 saturated heterocycles. The summed E-state index contributed by atoms with van der Waals surface area (Å²) in [6.45, 7) is 2.13. The van der Waals surface area contributed by atoms with Crippen molar-refractivity contribution in [2.45, 2.75) is 6.92 Å². The Balaban J connectivity index is 2.51. The third-order valence-electron chi connectivity index (χ3n) is 2.15. The maximum absolute atomic E-state index is 11.5. The molecule has 2 aromatic rings. The summed E-state index contributed by atoms with van der Waals surface area (Å²) < 4.78 is 5.93. The molecule has 0 amide bonds. The summed E-state index contributed by atoms with van der Waals surface area (Å²) in [5, 5.41) is 1.47. The number of aromatic nitrogens is 1. The van der Waals surface area contributed by atoms with Gasteiger partial charge in [-0.1, -0.05) is 11.6 Å². The van der Waals surface area contributed by atoms with Gasteiger partial charge < -0.3 is 9.72 Å². The highest BCUT2D eigenvalue weighted by atomic mass is 127. The van der Waals surface area contributed by atoms with Crippen molar-refractivity contribution in [2.24, 2.45) is 0 Å². The van der Waals surface area contributed by atoms with Crippen molar-refractivity contribution >= 4 is 51.1 Å². The first-order valence-corrected chi connectivity index (χ1v) is 6.22. The Morgan fingerprint density at radius 3 is 2.94 bits per heavy atom. The first kappa shape index (κ1) is 11.7. The first-order valence-electron chi connectivity index (χ1n) is 4.76. The van der Waals surface area contributed by atoms with Gasteiger partial charge in [-0.2, -0.15) is 0 Å². The molecule has 3 nitrogen and oxygen atoms in total. The van der Waals surface area contributed by atoms with Crippen LogP contribution in [-0.2, 0) is 4.74 Å². The molecule has 1 N–H and O–H groups in total. The van der Waals surface area contributed by atoms with Gasteiger partial charge in [-0.05, 0) is 47.7 Å². The highest BCUT2D eigenvalue weighted by molar-refractivity contribution is 14.1. The number of hydrogen-bond acceptors (Lipinski definition) is 2. The molecule has 5 heteroatoms. The van der Waals surface area contributed by atoms with Gasteiger partial charge in [-0.3, -0.25) is 0 Å². The van der Waals surface area contributed by atoms with E-state index in [9.17, 15) is 4.79 Å². The van der Waals surface area contributed by atoms with Crippen molar-refractivity contribution in [3.8, 4) is 0 Å². The van der Waals surface area contributed by atoms with Gasteiger partial charge in [0.05, 0.1) is 11.6 Å². The van der Waals surface area contributed by atoms with E-state index in [2.05, 4.69) is 27.6 Å². The van der Waals surface area contributed by atoms with Gasteiger partial charge >= 0.3 is 5.97 Å². The summed E-state index contributed by atoms with van der Waals surface area (Å²) in [5.74, 6) is -0.357. The van der Waals surface area contributed by atoms with E-state index in [0.717, 1.165) is 14.5 Å². The van der Waals surface area contributed by atoms with Gasteiger partial charge in [0.1, 0.15) is 5.69 Å². The topological polar surface area (TPSA) is 42.1 Å². The van der Waals surface area contributed by atoms with Crippen LogP contribution in [0.2, 0.25) is 5.02 Å². The SMILES string of the molecule is CCOC(=O)c1cc2c(Cl)cc(I)cc2[nH]1. The summed E-state index contributed by atoms with van der Waals surface area (Å²) in [6, 6.07) is 5.50. The average Bonchev–Trinajstić information content (AvgIpc) is 2.62. The molecular formula is C11H9ClINO2. The highest BCUT2D eigenvalue weighted by Crippen LogP contribution is 2.27. The molecule has 0 saturated carbocycles. The molecular weight excluding hydrogens is 340 g/mol. The van der Waals surface area contributed by atoms with E-state index < -0.39 is 0 Å². The summed E-state index contributed by atoms with van der Waals surface area (Å²) >= 11 is 8.26. The highest BCUT2D eigenvalue weighted by Gasteiger charge is 2.12. The Hall–Kier alpha value is -0.750. The Labute approximate surface area is 111 Å². The van der Waals surface area contributed by atoms with Crippen LogP contribution < -0.4 is 0 Å². The Morgan fingerprint density at radius 1 is 1.50 bits per heavy atom. The molecule has 0 unspecified atom stereocenters. The second-order valence-electron chi connectivity index (χ2n) is 3.25. The third-order valence-corrected chi connectivity index (χ3v) is 3.08. The maximum Gasteiger partial charge on any atom is 0.354 e. The van der Waals surface area contributed by atoms with Crippen molar-refractivity contribution in [3.63, 3.8) is 0 Å². The molecule has 0 bridgehead atoms. The zero-order chi connectivity index (χ0) is 11.7. The van der Waals surface area contributed by atoms with Crippen molar-refractivity contribution in [1.82, 2.24) is 4.98 Å². The number of H-pyrrole nitrogens is 1. The fourth-order valence-corrected chi connectivity index (χ4v) is 2.56. The van der Waals surface area contributed by atoms with Crippen LogP contribution in [0, 0.1) is 3.57 Å². The van der Waals surface area contributed by atoms with Gasteiger partial charge in [-0.15, -0.1) is 0 Å². The number of benzene rings is 1. The molecule has 1 aromatic carbocycles. The molecule has 2 rings (SSSR count). The van der Waals surface area contributed by atoms with Crippen LogP contribution in [-0.4, -0.2) is 17.6 Å². The molecule has 0 fully saturated rings. The summed E-state index contributed by atoms with van der Waals surface area (Å²) in [5.41, 5.74) is 1.28. The predicted molar refractivity (Wildman–Crippen MR) is 72.0 cm³/mol. The normalized spacial score (nSPS) is 10.7. The minimum atomic E-state index is -0.357. The summed E-state index contributed by atoms with van der Waals surface area (Å²) in [4.78, 5) is 14.5. The Kier molecular flexibility index (Phi) is 3.39. The van der Waals surface area contributed by atoms with Crippen molar-refractivity contribution in [3.05, 3.63) is 32.5 Å². The monoisotopic (exact) mass is 349 g/mol. The van der Waals surface area contributed by atoms with E-state index in [1.807, 2.05) is 12.1 Å². The van der Waals surface area contributed by atoms with Crippen molar-refractivity contribution in [2.75, 3.05) is 6.61 Å². The molecule has 0 atom stereocenters. The van der Waals surface area contributed by atoms with Crippen LogP contribution in [0.3, 0.4) is 0 Å². The van der Waals surface area contributed by atoms with Crippen LogP contribution in [0.4, 0.5) is 0 Å². The number of rotatable bonds is 2. The number of carbonyl (C=O) groups is 1. The van der Waals surface area contributed by atoms with Crippen LogP contribution in [0.5, 0.6) is 0 Å². The predicted octanol–water partition coefficient (Wildman–Crippen LogP) is 3.60. The molecule has 0 aliphatic carbocycles. The van der Waals surface area contributed by atoms with E-state index in [-0.39, 0.29) is 5.97 Å². The van der Waals surface area contributed by atoms with Gasteiger partial charge in [0.2, 0.25) is 0 Å². The first-order chi connectivity index (χ1) is 7.61. The van der Waals surface area contributed by atoms with E-state index in [4.69, 9.17) is 16.3 Å². The fraction of sp³-hybridized carbons (Fsp3) is 0.182. The lowest BCUT2D eigenvalue weighted by Crippen LogP contribution is -2.04. The third kappa shape index (κ3) is 2.17. The fourth-order valence-electron chi connectivity index (χ4n) is 1.48. The maximum atomic E-state index is 11.5.